The maximum atomic E-state index is 12.8. The molecule has 0 spiro atoms. The molecule has 25 heavy (non-hydrogen) atoms. The van der Waals surface area contributed by atoms with Gasteiger partial charge in [0.2, 0.25) is 5.82 Å². The number of amides is 2. The average Bonchev–Trinajstić information content (AvgIpc) is 2.88. The molecule has 1 aliphatic heterocycles. The largest absolute Gasteiger partial charge is 0.341 e. The standard InChI is InChI=1S/C16H18ClN5O3/c1-10-3-4-11(17)9-12(10)14(23)21-5-2-6-22(8-7-21)15(24)13-18-16(25)20-19-13/h3-4,9H,2,5-8H2,1H3,(H2,18,19,20,25). The van der Waals surface area contributed by atoms with E-state index >= 15 is 0 Å². The number of hydrogen-bond donors (Lipinski definition) is 2. The Morgan fingerprint density at radius 2 is 1.80 bits per heavy atom. The molecule has 1 fully saturated rings. The highest BCUT2D eigenvalue weighted by Crippen LogP contribution is 2.18. The van der Waals surface area contributed by atoms with Gasteiger partial charge in [-0.25, -0.2) is 9.89 Å². The Morgan fingerprint density at radius 1 is 1.12 bits per heavy atom. The van der Waals surface area contributed by atoms with E-state index < -0.39 is 5.69 Å². The van der Waals surface area contributed by atoms with Gasteiger partial charge in [-0.3, -0.25) is 14.6 Å². The Bertz CT molecular complexity index is 859. The van der Waals surface area contributed by atoms with E-state index in [1.54, 1.807) is 21.9 Å². The molecule has 2 aromatic rings. The highest BCUT2D eigenvalue weighted by Gasteiger charge is 2.25. The molecule has 0 saturated carbocycles. The summed E-state index contributed by atoms with van der Waals surface area (Å²) >= 11 is 6.00. The molecule has 0 bridgehead atoms. The molecule has 1 aromatic carbocycles. The van der Waals surface area contributed by atoms with Gasteiger partial charge in [0.15, 0.2) is 0 Å². The molecular formula is C16H18ClN5O3. The van der Waals surface area contributed by atoms with E-state index in [0.717, 1.165) is 5.56 Å². The first kappa shape index (κ1) is 17.2. The summed E-state index contributed by atoms with van der Waals surface area (Å²) in [6, 6.07) is 5.24. The zero-order chi connectivity index (χ0) is 18.0. The number of aryl methyl sites for hydroxylation is 1. The van der Waals surface area contributed by atoms with Crippen LogP contribution in [0.1, 0.15) is 33.0 Å². The molecule has 1 aromatic heterocycles. The Morgan fingerprint density at radius 3 is 2.44 bits per heavy atom. The van der Waals surface area contributed by atoms with Crippen LogP contribution < -0.4 is 5.69 Å². The van der Waals surface area contributed by atoms with Crippen LogP contribution in [0.15, 0.2) is 23.0 Å². The molecule has 0 radical (unpaired) electrons. The highest BCUT2D eigenvalue weighted by atomic mass is 35.5. The maximum absolute atomic E-state index is 12.8. The minimum Gasteiger partial charge on any atom is -0.337 e. The molecule has 2 N–H and O–H groups in total. The topological polar surface area (TPSA) is 102 Å². The lowest BCUT2D eigenvalue weighted by Gasteiger charge is -2.22. The van der Waals surface area contributed by atoms with Crippen molar-refractivity contribution in [1.29, 1.82) is 0 Å². The van der Waals surface area contributed by atoms with Crippen LogP contribution in [0, 0.1) is 6.92 Å². The SMILES string of the molecule is Cc1ccc(Cl)cc1C(=O)N1CCCN(C(=O)c2n[nH]c(=O)[nH]2)CC1. The summed E-state index contributed by atoms with van der Waals surface area (Å²) in [6.45, 7) is 3.69. The van der Waals surface area contributed by atoms with Gasteiger partial charge in [-0.15, -0.1) is 5.10 Å². The van der Waals surface area contributed by atoms with E-state index in [1.807, 2.05) is 13.0 Å². The Labute approximate surface area is 148 Å². The maximum Gasteiger partial charge on any atom is 0.341 e. The van der Waals surface area contributed by atoms with Crippen molar-refractivity contribution in [3.63, 3.8) is 0 Å². The summed E-state index contributed by atoms with van der Waals surface area (Å²) in [5.74, 6) is -0.468. The number of carbonyl (C=O) groups excluding carboxylic acids is 2. The van der Waals surface area contributed by atoms with Gasteiger partial charge in [-0.05, 0) is 31.0 Å². The predicted octanol–water partition coefficient (Wildman–Crippen LogP) is 1.05. The number of carbonyl (C=O) groups is 2. The Balaban J connectivity index is 1.71. The van der Waals surface area contributed by atoms with E-state index in [4.69, 9.17) is 11.6 Å². The van der Waals surface area contributed by atoms with Crippen molar-refractivity contribution >= 4 is 23.4 Å². The van der Waals surface area contributed by atoms with Crippen molar-refractivity contribution in [1.82, 2.24) is 25.0 Å². The van der Waals surface area contributed by atoms with Crippen LogP contribution in [0.2, 0.25) is 5.02 Å². The van der Waals surface area contributed by atoms with Crippen molar-refractivity contribution in [3.05, 3.63) is 50.7 Å². The summed E-state index contributed by atoms with van der Waals surface area (Å²) in [7, 11) is 0. The lowest BCUT2D eigenvalue weighted by molar-refractivity contribution is 0.0712. The molecule has 3 rings (SSSR count). The van der Waals surface area contributed by atoms with E-state index in [1.165, 1.54) is 0 Å². The minimum atomic E-state index is -0.522. The quantitative estimate of drug-likeness (QED) is 0.832. The third kappa shape index (κ3) is 3.74. The molecule has 0 unspecified atom stereocenters. The van der Waals surface area contributed by atoms with Crippen LogP contribution >= 0.6 is 11.6 Å². The van der Waals surface area contributed by atoms with Crippen LogP contribution in [0.3, 0.4) is 0 Å². The average molecular weight is 364 g/mol. The number of nitrogens with zero attached hydrogens (tertiary/aromatic N) is 3. The number of nitrogens with one attached hydrogen (secondary N) is 2. The van der Waals surface area contributed by atoms with Gasteiger partial charge < -0.3 is 9.80 Å². The molecule has 2 heterocycles. The molecular weight excluding hydrogens is 346 g/mol. The normalized spacial score (nSPS) is 15.1. The Kier molecular flexibility index (Phi) is 4.89. The second-order valence-corrected chi connectivity index (χ2v) is 6.36. The molecule has 2 amide bonds. The third-order valence-corrected chi connectivity index (χ3v) is 4.44. The van der Waals surface area contributed by atoms with Crippen LogP contribution in [-0.2, 0) is 0 Å². The molecule has 132 valence electrons. The minimum absolute atomic E-state index is 0.0181. The molecule has 0 aliphatic carbocycles. The number of H-pyrrole nitrogens is 2. The zero-order valence-corrected chi connectivity index (χ0v) is 14.5. The monoisotopic (exact) mass is 363 g/mol. The van der Waals surface area contributed by atoms with E-state index in [2.05, 4.69) is 15.2 Å². The Hall–Kier alpha value is -2.61. The number of benzene rings is 1. The van der Waals surface area contributed by atoms with Crippen LogP contribution in [0.25, 0.3) is 0 Å². The summed E-state index contributed by atoms with van der Waals surface area (Å²) in [5.41, 5.74) is 0.913. The molecule has 9 heteroatoms. The van der Waals surface area contributed by atoms with Gasteiger partial charge in [-0.1, -0.05) is 17.7 Å². The van der Waals surface area contributed by atoms with E-state index in [-0.39, 0.29) is 17.6 Å². The summed E-state index contributed by atoms with van der Waals surface area (Å²) < 4.78 is 0. The number of aromatic nitrogens is 3. The van der Waals surface area contributed by atoms with Gasteiger partial charge >= 0.3 is 5.69 Å². The fourth-order valence-corrected chi connectivity index (χ4v) is 3.01. The lowest BCUT2D eigenvalue weighted by Crippen LogP contribution is -2.38. The fraction of sp³-hybridized carbons (Fsp3) is 0.375. The highest BCUT2D eigenvalue weighted by molar-refractivity contribution is 6.31. The van der Waals surface area contributed by atoms with Crippen LogP contribution in [0.4, 0.5) is 0 Å². The number of aromatic amines is 2. The van der Waals surface area contributed by atoms with Crippen molar-refractivity contribution in [2.24, 2.45) is 0 Å². The first-order chi connectivity index (χ1) is 12.0. The first-order valence-electron chi connectivity index (χ1n) is 7.95. The second kappa shape index (κ2) is 7.10. The van der Waals surface area contributed by atoms with Crippen molar-refractivity contribution < 1.29 is 9.59 Å². The van der Waals surface area contributed by atoms with Crippen molar-refractivity contribution in [2.45, 2.75) is 13.3 Å². The van der Waals surface area contributed by atoms with E-state index in [0.29, 0.717) is 43.2 Å². The zero-order valence-electron chi connectivity index (χ0n) is 13.7. The van der Waals surface area contributed by atoms with Crippen LogP contribution in [0.5, 0.6) is 0 Å². The van der Waals surface area contributed by atoms with Gasteiger partial charge in [0.05, 0.1) is 0 Å². The summed E-state index contributed by atoms with van der Waals surface area (Å²) in [4.78, 5) is 41.9. The van der Waals surface area contributed by atoms with Crippen LogP contribution in [-0.4, -0.2) is 63.0 Å². The van der Waals surface area contributed by atoms with Gasteiger partial charge in [0.25, 0.3) is 11.8 Å². The van der Waals surface area contributed by atoms with Gasteiger partial charge in [-0.2, -0.15) is 0 Å². The molecule has 8 nitrogen and oxygen atoms in total. The second-order valence-electron chi connectivity index (χ2n) is 5.92. The third-order valence-electron chi connectivity index (χ3n) is 4.20. The van der Waals surface area contributed by atoms with Gasteiger partial charge in [0.1, 0.15) is 0 Å². The first-order valence-corrected chi connectivity index (χ1v) is 8.33. The van der Waals surface area contributed by atoms with Crippen molar-refractivity contribution in [3.8, 4) is 0 Å². The molecule has 1 saturated heterocycles. The number of halogens is 1. The van der Waals surface area contributed by atoms with E-state index in [9.17, 15) is 14.4 Å². The summed E-state index contributed by atoms with van der Waals surface area (Å²) in [5, 5.41) is 6.36. The predicted molar refractivity (Wildman–Crippen MR) is 91.8 cm³/mol. The summed E-state index contributed by atoms with van der Waals surface area (Å²) in [6.07, 6.45) is 0.645. The smallest absolute Gasteiger partial charge is 0.337 e. The number of rotatable bonds is 2. The fourth-order valence-electron chi connectivity index (χ4n) is 2.84. The molecule has 0 atom stereocenters. The number of hydrogen-bond acceptors (Lipinski definition) is 4. The van der Waals surface area contributed by atoms with Crippen molar-refractivity contribution in [2.75, 3.05) is 26.2 Å². The lowest BCUT2D eigenvalue weighted by atomic mass is 10.1. The van der Waals surface area contributed by atoms with Gasteiger partial charge in [0, 0.05) is 36.8 Å². The molecule has 1 aliphatic rings.